The van der Waals surface area contributed by atoms with Crippen molar-refractivity contribution in [3.8, 4) is 0 Å². The molecule has 0 radical (unpaired) electrons. The molecule has 0 spiro atoms. The molecule has 5 heteroatoms. The summed E-state index contributed by atoms with van der Waals surface area (Å²) in [6.45, 7) is 8.77. The molecule has 0 bridgehead atoms. The highest BCUT2D eigenvalue weighted by atomic mass is 16.2. The molecule has 26 heavy (non-hydrogen) atoms. The Balaban J connectivity index is 1.94. The lowest BCUT2D eigenvalue weighted by Gasteiger charge is -2.22. The highest BCUT2D eigenvalue weighted by molar-refractivity contribution is 6.06. The summed E-state index contributed by atoms with van der Waals surface area (Å²) < 4.78 is 1.73. The van der Waals surface area contributed by atoms with Gasteiger partial charge in [0, 0.05) is 25.8 Å². The zero-order valence-corrected chi connectivity index (χ0v) is 15.6. The van der Waals surface area contributed by atoms with Crippen molar-refractivity contribution in [1.82, 2.24) is 19.7 Å². The predicted molar refractivity (Wildman–Crippen MR) is 104 cm³/mol. The van der Waals surface area contributed by atoms with Gasteiger partial charge < -0.3 is 4.90 Å². The first-order valence-corrected chi connectivity index (χ1v) is 8.76. The fourth-order valence-corrected chi connectivity index (χ4v) is 3.25. The fraction of sp³-hybridized carbons (Fsp3) is 0.286. The summed E-state index contributed by atoms with van der Waals surface area (Å²) in [5.74, 6) is -0.00701. The molecule has 0 saturated carbocycles. The Labute approximate surface area is 154 Å². The van der Waals surface area contributed by atoms with Gasteiger partial charge in [0.05, 0.1) is 16.6 Å². The second kappa shape index (κ2) is 7.52. The van der Waals surface area contributed by atoms with Crippen LogP contribution in [0.25, 0.3) is 11.0 Å². The average Bonchev–Trinajstić information content (AvgIpc) is 2.92. The van der Waals surface area contributed by atoms with Gasteiger partial charge in [0.2, 0.25) is 0 Å². The Bertz CT molecular complexity index is 944. The smallest absolute Gasteiger partial charge is 0.255 e. The van der Waals surface area contributed by atoms with Crippen LogP contribution in [0.5, 0.6) is 0 Å². The Morgan fingerprint density at radius 3 is 2.69 bits per heavy atom. The Kier molecular flexibility index (Phi) is 5.16. The molecule has 1 aromatic carbocycles. The van der Waals surface area contributed by atoms with Crippen LogP contribution >= 0.6 is 0 Å². The number of amides is 1. The van der Waals surface area contributed by atoms with Gasteiger partial charge in [-0.05, 0) is 31.9 Å². The summed E-state index contributed by atoms with van der Waals surface area (Å²) in [5, 5.41) is 5.27. The molecule has 3 rings (SSSR count). The largest absolute Gasteiger partial charge is 0.335 e. The summed E-state index contributed by atoms with van der Waals surface area (Å²) in [4.78, 5) is 19.7. The summed E-state index contributed by atoms with van der Waals surface area (Å²) in [5.41, 5.74) is 4.24. The molecule has 0 saturated heterocycles. The number of carbonyl (C=O) groups is 1. The molecule has 0 aliphatic rings. The minimum absolute atomic E-state index is 0.00701. The molecular weight excluding hydrogens is 324 g/mol. The lowest BCUT2D eigenvalue weighted by molar-refractivity contribution is 0.0777. The SMILES string of the molecule is C=CCN(CCc1ccccc1)C(=O)c1cc(C)nc2c1c(C)nn2C. The number of aryl methyl sites for hydroxylation is 3. The molecule has 134 valence electrons. The number of fused-ring (bicyclic) bond motifs is 1. The molecule has 1 amide bonds. The lowest BCUT2D eigenvalue weighted by Crippen LogP contribution is -2.33. The molecule has 0 unspecified atom stereocenters. The quantitative estimate of drug-likeness (QED) is 0.641. The fourth-order valence-electron chi connectivity index (χ4n) is 3.25. The van der Waals surface area contributed by atoms with Gasteiger partial charge in [-0.3, -0.25) is 9.48 Å². The van der Waals surface area contributed by atoms with Crippen molar-refractivity contribution in [3.05, 3.63) is 71.6 Å². The van der Waals surface area contributed by atoms with Gasteiger partial charge in [-0.25, -0.2) is 4.98 Å². The van der Waals surface area contributed by atoms with Gasteiger partial charge >= 0.3 is 0 Å². The van der Waals surface area contributed by atoms with E-state index in [4.69, 9.17) is 0 Å². The molecule has 0 fully saturated rings. The summed E-state index contributed by atoms with van der Waals surface area (Å²) >= 11 is 0. The minimum Gasteiger partial charge on any atom is -0.335 e. The number of rotatable bonds is 6. The van der Waals surface area contributed by atoms with E-state index in [9.17, 15) is 4.79 Å². The number of aromatic nitrogens is 3. The van der Waals surface area contributed by atoms with Crippen molar-refractivity contribution in [3.63, 3.8) is 0 Å². The van der Waals surface area contributed by atoms with Crippen LogP contribution in [-0.2, 0) is 13.5 Å². The maximum atomic E-state index is 13.3. The third-order valence-corrected chi connectivity index (χ3v) is 4.48. The molecule has 0 N–H and O–H groups in total. The Morgan fingerprint density at radius 2 is 2.00 bits per heavy atom. The molecule has 0 atom stereocenters. The van der Waals surface area contributed by atoms with E-state index < -0.39 is 0 Å². The van der Waals surface area contributed by atoms with Crippen LogP contribution in [0.4, 0.5) is 0 Å². The van der Waals surface area contributed by atoms with Crippen LogP contribution < -0.4 is 0 Å². The molecular formula is C21H24N4O. The number of hydrogen-bond acceptors (Lipinski definition) is 3. The maximum Gasteiger partial charge on any atom is 0.255 e. The normalized spacial score (nSPS) is 10.9. The first-order chi connectivity index (χ1) is 12.5. The van der Waals surface area contributed by atoms with Crippen LogP contribution in [0.1, 0.15) is 27.3 Å². The summed E-state index contributed by atoms with van der Waals surface area (Å²) in [7, 11) is 1.85. The molecule has 3 aromatic rings. The van der Waals surface area contributed by atoms with Gasteiger partial charge in [0.1, 0.15) is 0 Å². The summed E-state index contributed by atoms with van der Waals surface area (Å²) in [6, 6.07) is 12.1. The highest BCUT2D eigenvalue weighted by Crippen LogP contribution is 2.23. The first kappa shape index (κ1) is 17.9. The predicted octanol–water partition coefficient (Wildman–Crippen LogP) is 3.46. The van der Waals surface area contributed by atoms with Gasteiger partial charge in [0.25, 0.3) is 5.91 Å². The molecule has 2 aromatic heterocycles. The number of hydrogen-bond donors (Lipinski definition) is 0. The van der Waals surface area contributed by atoms with E-state index in [-0.39, 0.29) is 5.91 Å². The van der Waals surface area contributed by atoms with Gasteiger partial charge in [-0.1, -0.05) is 36.4 Å². The average molecular weight is 348 g/mol. The van der Waals surface area contributed by atoms with Crippen molar-refractivity contribution < 1.29 is 4.79 Å². The van der Waals surface area contributed by atoms with Crippen molar-refractivity contribution in [1.29, 1.82) is 0 Å². The van der Waals surface area contributed by atoms with Crippen LogP contribution in [0.15, 0.2) is 49.1 Å². The molecule has 0 aliphatic heterocycles. The van der Waals surface area contributed by atoms with E-state index in [2.05, 4.69) is 28.8 Å². The van der Waals surface area contributed by atoms with E-state index in [0.717, 1.165) is 28.8 Å². The van der Waals surface area contributed by atoms with Gasteiger partial charge in [0.15, 0.2) is 5.65 Å². The van der Waals surface area contributed by atoms with Crippen molar-refractivity contribution in [2.45, 2.75) is 20.3 Å². The first-order valence-electron chi connectivity index (χ1n) is 8.76. The Morgan fingerprint density at radius 1 is 1.27 bits per heavy atom. The zero-order valence-electron chi connectivity index (χ0n) is 15.6. The van der Waals surface area contributed by atoms with Crippen LogP contribution in [-0.4, -0.2) is 38.7 Å². The lowest BCUT2D eigenvalue weighted by atomic mass is 10.1. The number of pyridine rings is 1. The van der Waals surface area contributed by atoms with E-state index in [0.29, 0.717) is 18.7 Å². The third-order valence-electron chi connectivity index (χ3n) is 4.48. The van der Waals surface area contributed by atoms with E-state index in [1.165, 1.54) is 5.56 Å². The molecule has 2 heterocycles. The van der Waals surface area contributed by atoms with Crippen LogP contribution in [0.3, 0.4) is 0 Å². The zero-order chi connectivity index (χ0) is 18.7. The standard InChI is InChI=1S/C21H24N4O/c1-5-12-25(13-11-17-9-7-6-8-10-17)21(26)18-14-15(2)22-20-19(18)16(3)23-24(20)4/h5-10,14H,1,11-13H2,2-4H3. The summed E-state index contributed by atoms with van der Waals surface area (Å²) in [6.07, 6.45) is 2.57. The number of carbonyl (C=O) groups excluding carboxylic acids is 1. The topological polar surface area (TPSA) is 51.0 Å². The van der Waals surface area contributed by atoms with Gasteiger partial charge in [-0.15, -0.1) is 6.58 Å². The van der Waals surface area contributed by atoms with Gasteiger partial charge in [-0.2, -0.15) is 5.10 Å². The van der Waals surface area contributed by atoms with Crippen molar-refractivity contribution >= 4 is 16.9 Å². The third kappa shape index (κ3) is 3.52. The molecule has 5 nitrogen and oxygen atoms in total. The number of nitrogens with zero attached hydrogens (tertiary/aromatic N) is 4. The minimum atomic E-state index is -0.00701. The second-order valence-electron chi connectivity index (χ2n) is 6.49. The van der Waals surface area contributed by atoms with Crippen LogP contribution in [0.2, 0.25) is 0 Å². The number of benzene rings is 1. The second-order valence-corrected chi connectivity index (χ2v) is 6.49. The van der Waals surface area contributed by atoms with E-state index in [1.54, 1.807) is 10.8 Å². The van der Waals surface area contributed by atoms with Crippen molar-refractivity contribution in [2.75, 3.05) is 13.1 Å². The monoisotopic (exact) mass is 348 g/mol. The Hall–Kier alpha value is -2.95. The van der Waals surface area contributed by atoms with E-state index in [1.807, 2.05) is 50.1 Å². The highest BCUT2D eigenvalue weighted by Gasteiger charge is 2.21. The van der Waals surface area contributed by atoms with Crippen molar-refractivity contribution in [2.24, 2.45) is 7.05 Å². The maximum absolute atomic E-state index is 13.3. The molecule has 0 aliphatic carbocycles. The van der Waals surface area contributed by atoms with E-state index >= 15 is 0 Å². The van der Waals surface area contributed by atoms with Crippen LogP contribution in [0, 0.1) is 13.8 Å².